The van der Waals surface area contributed by atoms with Crippen molar-refractivity contribution in [1.29, 1.82) is 0 Å². The van der Waals surface area contributed by atoms with Crippen molar-refractivity contribution >= 4 is 17.9 Å². The zero-order valence-electron chi connectivity index (χ0n) is 38.0. The third kappa shape index (κ3) is 44.2. The van der Waals surface area contributed by atoms with Gasteiger partial charge in [-0.15, -0.1) is 0 Å². The van der Waals surface area contributed by atoms with Crippen LogP contribution in [0.15, 0.2) is 60.8 Å². The number of unbranched alkanes of at least 4 members (excludes halogenated alkanes) is 25. The summed E-state index contributed by atoms with van der Waals surface area (Å²) in [6.07, 6.45) is 56.2. The van der Waals surface area contributed by atoms with Gasteiger partial charge in [0.2, 0.25) is 0 Å². The molecule has 0 fully saturated rings. The average Bonchev–Trinajstić information content (AvgIpc) is 3.22. The van der Waals surface area contributed by atoms with Crippen molar-refractivity contribution in [2.24, 2.45) is 0 Å². The first-order valence-electron chi connectivity index (χ1n) is 24.3. The molecular formula is C52H90O6. The van der Waals surface area contributed by atoms with E-state index in [1.54, 1.807) is 0 Å². The minimum atomic E-state index is -0.784. The Morgan fingerprint density at radius 2 is 0.655 bits per heavy atom. The Kier molecular flexibility index (Phi) is 44.5. The van der Waals surface area contributed by atoms with Gasteiger partial charge in [-0.1, -0.05) is 210 Å². The van der Waals surface area contributed by atoms with E-state index in [0.717, 1.165) is 96.3 Å². The molecule has 0 saturated carbocycles. The molecule has 0 rings (SSSR count). The van der Waals surface area contributed by atoms with E-state index in [1.807, 2.05) is 0 Å². The molecule has 1 atom stereocenters. The van der Waals surface area contributed by atoms with Crippen LogP contribution in [0.1, 0.15) is 233 Å². The molecule has 0 radical (unpaired) electrons. The third-order valence-corrected chi connectivity index (χ3v) is 10.3. The van der Waals surface area contributed by atoms with Crippen molar-refractivity contribution < 1.29 is 28.6 Å². The van der Waals surface area contributed by atoms with Gasteiger partial charge in [0.15, 0.2) is 6.10 Å². The van der Waals surface area contributed by atoms with E-state index in [1.165, 1.54) is 96.3 Å². The molecule has 0 saturated heterocycles. The third-order valence-electron chi connectivity index (χ3n) is 10.3. The van der Waals surface area contributed by atoms with E-state index in [-0.39, 0.29) is 31.1 Å². The van der Waals surface area contributed by atoms with Crippen molar-refractivity contribution in [3.63, 3.8) is 0 Å². The summed E-state index contributed by atoms with van der Waals surface area (Å²) in [6, 6.07) is 0. The fraction of sp³-hybridized carbons (Fsp3) is 0.750. The largest absolute Gasteiger partial charge is 0.462 e. The Hall–Kier alpha value is -2.89. The highest BCUT2D eigenvalue weighted by molar-refractivity contribution is 5.71. The summed E-state index contributed by atoms with van der Waals surface area (Å²) in [4.78, 5) is 37.8. The Balaban J connectivity index is 4.40. The standard InChI is InChI=1S/C52H90O6/c1-4-7-10-13-16-19-22-23-24-25-26-27-28-31-33-36-39-42-45-51(54)57-48-49(58-52(55)46-43-40-37-34-30-21-18-15-12-9-6-3)47-56-50(53)44-41-38-35-32-29-20-17-14-11-8-5-2/h15-16,18-19,22-27,49H,4-14,17,20-21,28-48H2,1-3H3/b18-15-,19-16-,23-22-,25-24-,27-26-. The fourth-order valence-electron chi connectivity index (χ4n) is 6.61. The Bertz CT molecular complexity index is 1070. The van der Waals surface area contributed by atoms with Crippen LogP contribution in [-0.4, -0.2) is 37.2 Å². The predicted molar refractivity (Wildman–Crippen MR) is 247 cm³/mol. The topological polar surface area (TPSA) is 78.9 Å². The number of allylic oxidation sites excluding steroid dienone is 10. The smallest absolute Gasteiger partial charge is 0.306 e. The molecule has 0 amide bonds. The lowest BCUT2D eigenvalue weighted by molar-refractivity contribution is -0.167. The van der Waals surface area contributed by atoms with Crippen LogP contribution in [0.25, 0.3) is 0 Å². The van der Waals surface area contributed by atoms with Crippen LogP contribution in [0.2, 0.25) is 0 Å². The molecule has 0 bridgehead atoms. The number of ether oxygens (including phenoxy) is 3. The Morgan fingerprint density at radius 3 is 1.10 bits per heavy atom. The van der Waals surface area contributed by atoms with Gasteiger partial charge in [-0.05, 0) is 64.2 Å². The molecule has 0 aliphatic carbocycles. The lowest BCUT2D eigenvalue weighted by Crippen LogP contribution is -2.30. The van der Waals surface area contributed by atoms with Gasteiger partial charge in [-0.2, -0.15) is 0 Å². The van der Waals surface area contributed by atoms with Gasteiger partial charge in [0.05, 0.1) is 0 Å². The second-order valence-corrected chi connectivity index (χ2v) is 16.1. The second kappa shape index (κ2) is 46.8. The zero-order valence-corrected chi connectivity index (χ0v) is 38.0. The highest BCUT2D eigenvalue weighted by Crippen LogP contribution is 2.14. The van der Waals surface area contributed by atoms with Crippen molar-refractivity contribution in [3.8, 4) is 0 Å². The van der Waals surface area contributed by atoms with E-state index in [0.29, 0.717) is 19.3 Å². The number of rotatable bonds is 43. The van der Waals surface area contributed by atoms with Gasteiger partial charge >= 0.3 is 17.9 Å². The molecule has 0 aliphatic rings. The quantitative estimate of drug-likeness (QED) is 0.0201. The van der Waals surface area contributed by atoms with Crippen molar-refractivity contribution in [1.82, 2.24) is 0 Å². The molecule has 6 heteroatoms. The molecule has 0 aromatic heterocycles. The lowest BCUT2D eigenvalue weighted by atomic mass is 10.1. The number of hydrogen-bond donors (Lipinski definition) is 0. The van der Waals surface area contributed by atoms with Gasteiger partial charge in [0, 0.05) is 19.3 Å². The molecule has 0 aromatic carbocycles. The van der Waals surface area contributed by atoms with Crippen LogP contribution < -0.4 is 0 Å². The minimum absolute atomic E-state index is 0.0842. The number of carbonyl (C=O) groups is 3. The van der Waals surface area contributed by atoms with Gasteiger partial charge in [-0.3, -0.25) is 14.4 Å². The first kappa shape index (κ1) is 55.1. The van der Waals surface area contributed by atoms with Crippen LogP contribution in [0, 0.1) is 0 Å². The SMILES string of the molecule is CCCC/C=C\CCCCCCCC(=O)OC(COC(=O)CCCCCCC\C=C/C=C\C=C/C=C\CCCCC)COC(=O)CCCCCCCCCCCCC. The first-order valence-corrected chi connectivity index (χ1v) is 24.3. The second-order valence-electron chi connectivity index (χ2n) is 16.1. The van der Waals surface area contributed by atoms with E-state index < -0.39 is 6.10 Å². The van der Waals surface area contributed by atoms with Crippen molar-refractivity contribution in [3.05, 3.63) is 60.8 Å². The summed E-state index contributed by atoms with van der Waals surface area (Å²) in [7, 11) is 0. The molecule has 0 heterocycles. The van der Waals surface area contributed by atoms with Crippen LogP contribution in [0.5, 0.6) is 0 Å². The zero-order chi connectivity index (χ0) is 42.3. The Morgan fingerprint density at radius 1 is 0.345 bits per heavy atom. The van der Waals surface area contributed by atoms with E-state index in [4.69, 9.17) is 14.2 Å². The fourth-order valence-corrected chi connectivity index (χ4v) is 6.61. The average molecular weight is 811 g/mol. The molecule has 0 N–H and O–H groups in total. The normalized spacial score (nSPS) is 12.5. The van der Waals surface area contributed by atoms with Gasteiger partial charge in [0.1, 0.15) is 13.2 Å². The number of carbonyl (C=O) groups excluding carboxylic acids is 3. The molecule has 0 aromatic rings. The van der Waals surface area contributed by atoms with E-state index in [2.05, 4.69) is 81.5 Å². The maximum Gasteiger partial charge on any atom is 0.306 e. The first-order chi connectivity index (χ1) is 28.5. The lowest BCUT2D eigenvalue weighted by Gasteiger charge is -2.18. The van der Waals surface area contributed by atoms with Gasteiger partial charge in [0.25, 0.3) is 0 Å². The summed E-state index contributed by atoms with van der Waals surface area (Å²) in [5.41, 5.74) is 0. The molecule has 0 spiro atoms. The summed E-state index contributed by atoms with van der Waals surface area (Å²) in [5.74, 6) is -0.918. The van der Waals surface area contributed by atoms with Crippen LogP contribution in [-0.2, 0) is 28.6 Å². The van der Waals surface area contributed by atoms with Gasteiger partial charge in [-0.25, -0.2) is 0 Å². The van der Waals surface area contributed by atoms with Crippen molar-refractivity contribution in [2.75, 3.05) is 13.2 Å². The summed E-state index contributed by atoms with van der Waals surface area (Å²) < 4.78 is 16.7. The highest BCUT2D eigenvalue weighted by Gasteiger charge is 2.19. The summed E-state index contributed by atoms with van der Waals surface area (Å²) in [5, 5.41) is 0. The van der Waals surface area contributed by atoms with E-state index in [9.17, 15) is 14.4 Å². The summed E-state index contributed by atoms with van der Waals surface area (Å²) in [6.45, 7) is 6.52. The van der Waals surface area contributed by atoms with Gasteiger partial charge < -0.3 is 14.2 Å². The number of hydrogen-bond acceptors (Lipinski definition) is 6. The van der Waals surface area contributed by atoms with Crippen LogP contribution in [0.4, 0.5) is 0 Å². The molecule has 0 aliphatic heterocycles. The maximum atomic E-state index is 12.7. The molecule has 1 unspecified atom stereocenters. The predicted octanol–water partition coefficient (Wildman–Crippen LogP) is 15.7. The Labute approximate surface area is 358 Å². The van der Waals surface area contributed by atoms with Crippen LogP contribution in [0.3, 0.4) is 0 Å². The summed E-state index contributed by atoms with van der Waals surface area (Å²) >= 11 is 0. The minimum Gasteiger partial charge on any atom is -0.462 e. The molecular weight excluding hydrogens is 721 g/mol. The maximum absolute atomic E-state index is 12.7. The molecule has 334 valence electrons. The number of esters is 3. The molecule has 6 nitrogen and oxygen atoms in total. The van der Waals surface area contributed by atoms with Crippen LogP contribution >= 0.6 is 0 Å². The monoisotopic (exact) mass is 811 g/mol. The highest BCUT2D eigenvalue weighted by atomic mass is 16.6. The van der Waals surface area contributed by atoms with E-state index >= 15 is 0 Å². The van der Waals surface area contributed by atoms with Crippen molar-refractivity contribution in [2.45, 2.75) is 239 Å². The molecule has 58 heavy (non-hydrogen) atoms.